The van der Waals surface area contributed by atoms with Gasteiger partial charge in [0.1, 0.15) is 0 Å². The highest BCUT2D eigenvalue weighted by molar-refractivity contribution is 9.09. The summed E-state index contributed by atoms with van der Waals surface area (Å²) in [6.45, 7) is 13.6. The summed E-state index contributed by atoms with van der Waals surface area (Å²) in [5.74, 6) is 2.89. The van der Waals surface area contributed by atoms with E-state index in [1.165, 1.54) is 18.4 Å². The van der Waals surface area contributed by atoms with E-state index in [9.17, 15) is 10.2 Å². The first-order chi connectivity index (χ1) is 15.0. The molecule has 6 saturated carbocycles. The standard InChI is InChI=1S/C28H43BrO3/c1-15(2)16(3)6-10-26(5)21-14-19-23-27(21,24(19)32-26)11-8-20-25(4)9-7-18(30)12-17(25)13-22(29)28(20,23)31/h15,17-24,30-31H,3,6-14H2,1-2,4-5H3. The molecule has 0 aromatic heterocycles. The lowest BCUT2D eigenvalue weighted by atomic mass is 9.37. The second kappa shape index (κ2) is 6.86. The molecule has 32 heavy (non-hydrogen) atoms. The van der Waals surface area contributed by atoms with Crippen LogP contribution in [0.25, 0.3) is 0 Å². The lowest BCUT2D eigenvalue weighted by Crippen LogP contribution is -2.75. The molecular weight excluding hydrogens is 464 g/mol. The number of aliphatic hydroxyl groups is 2. The summed E-state index contributed by atoms with van der Waals surface area (Å²) in [6, 6.07) is 0. The molecule has 4 bridgehead atoms. The zero-order valence-electron chi connectivity index (χ0n) is 20.4. The number of rotatable bonds is 4. The fourth-order valence-electron chi connectivity index (χ4n) is 10.5. The predicted molar refractivity (Wildman–Crippen MR) is 130 cm³/mol. The lowest BCUT2D eigenvalue weighted by molar-refractivity contribution is -0.288. The topological polar surface area (TPSA) is 49.7 Å². The van der Waals surface area contributed by atoms with Gasteiger partial charge in [-0.25, -0.2) is 0 Å². The predicted octanol–water partition coefficient (Wildman–Crippen LogP) is 5.86. The van der Waals surface area contributed by atoms with Crippen LogP contribution in [0.5, 0.6) is 0 Å². The number of allylic oxidation sites excluding steroid dienone is 1. The van der Waals surface area contributed by atoms with Gasteiger partial charge in [0.2, 0.25) is 0 Å². The van der Waals surface area contributed by atoms with E-state index >= 15 is 0 Å². The van der Waals surface area contributed by atoms with Gasteiger partial charge < -0.3 is 14.9 Å². The fraction of sp³-hybridized carbons (Fsp3) is 0.929. The molecule has 1 saturated heterocycles. The minimum absolute atomic E-state index is 0.0607. The van der Waals surface area contributed by atoms with Gasteiger partial charge in [-0.15, -0.1) is 0 Å². The minimum atomic E-state index is -0.627. The summed E-state index contributed by atoms with van der Waals surface area (Å²) in [6.07, 6.45) is 9.80. The van der Waals surface area contributed by atoms with E-state index in [1.807, 2.05) is 0 Å². The summed E-state index contributed by atoms with van der Waals surface area (Å²) in [5.41, 5.74) is 1.00. The zero-order chi connectivity index (χ0) is 22.8. The van der Waals surface area contributed by atoms with Crippen molar-refractivity contribution < 1.29 is 14.9 Å². The van der Waals surface area contributed by atoms with Crippen molar-refractivity contribution in [3.63, 3.8) is 0 Å². The van der Waals surface area contributed by atoms with Gasteiger partial charge in [0, 0.05) is 16.2 Å². The van der Waals surface area contributed by atoms with Crippen LogP contribution in [0.4, 0.5) is 0 Å². The molecule has 0 radical (unpaired) electrons. The number of hydrogen-bond donors (Lipinski definition) is 2. The monoisotopic (exact) mass is 506 g/mol. The first-order valence-corrected chi connectivity index (χ1v) is 14.3. The van der Waals surface area contributed by atoms with E-state index in [0.29, 0.717) is 41.6 Å². The Hall–Kier alpha value is 0.100. The average molecular weight is 508 g/mol. The van der Waals surface area contributed by atoms with E-state index in [-0.39, 0.29) is 27.4 Å². The van der Waals surface area contributed by atoms with Crippen LogP contribution < -0.4 is 0 Å². The van der Waals surface area contributed by atoms with Crippen molar-refractivity contribution in [1.82, 2.24) is 0 Å². The molecule has 1 spiro atoms. The van der Waals surface area contributed by atoms with Gasteiger partial charge in [-0.1, -0.05) is 48.9 Å². The molecule has 0 amide bonds. The van der Waals surface area contributed by atoms with Crippen molar-refractivity contribution in [2.45, 2.75) is 114 Å². The van der Waals surface area contributed by atoms with Gasteiger partial charge >= 0.3 is 0 Å². The summed E-state index contributed by atoms with van der Waals surface area (Å²) in [7, 11) is 0. The molecule has 180 valence electrons. The van der Waals surface area contributed by atoms with Gasteiger partial charge in [0.05, 0.1) is 23.4 Å². The maximum absolute atomic E-state index is 12.6. The third-order valence-corrected chi connectivity index (χ3v) is 13.3. The third kappa shape index (κ3) is 2.49. The van der Waals surface area contributed by atoms with Crippen LogP contribution in [0.1, 0.15) is 85.5 Å². The molecule has 7 rings (SSSR count). The minimum Gasteiger partial charge on any atom is -0.393 e. The molecule has 7 aliphatic rings. The largest absolute Gasteiger partial charge is 0.393 e. The SMILES string of the molecule is C=C(CCC1(C)OC2C3CC1C21CCC2C4(C)CCC(O)CC4CC(Br)C2(O)C31)C(C)C. The summed E-state index contributed by atoms with van der Waals surface area (Å²) in [5, 5.41) is 23.0. The van der Waals surface area contributed by atoms with E-state index in [2.05, 4.69) is 50.2 Å². The molecule has 7 fully saturated rings. The zero-order valence-corrected chi connectivity index (χ0v) is 22.0. The Balaban J connectivity index is 1.30. The molecule has 0 aromatic carbocycles. The van der Waals surface area contributed by atoms with Crippen LogP contribution >= 0.6 is 15.9 Å². The maximum atomic E-state index is 12.6. The van der Waals surface area contributed by atoms with Gasteiger partial charge in [-0.2, -0.15) is 0 Å². The lowest BCUT2D eigenvalue weighted by Gasteiger charge is -2.71. The van der Waals surface area contributed by atoms with E-state index in [0.717, 1.165) is 44.9 Å². The van der Waals surface area contributed by atoms with Crippen LogP contribution in [0.2, 0.25) is 0 Å². The molecule has 6 aliphatic carbocycles. The first-order valence-electron chi connectivity index (χ1n) is 13.4. The van der Waals surface area contributed by atoms with Crippen molar-refractivity contribution in [2.75, 3.05) is 0 Å². The molecule has 3 nitrogen and oxygen atoms in total. The van der Waals surface area contributed by atoms with Crippen molar-refractivity contribution in [1.29, 1.82) is 0 Å². The van der Waals surface area contributed by atoms with Crippen LogP contribution in [-0.2, 0) is 4.74 Å². The number of fused-ring (bicyclic) bond motifs is 3. The average Bonchev–Trinajstić information content (AvgIpc) is 3.30. The fourth-order valence-corrected chi connectivity index (χ4v) is 11.6. The summed E-state index contributed by atoms with van der Waals surface area (Å²) >= 11 is 4.04. The number of halogens is 1. The van der Waals surface area contributed by atoms with Crippen molar-refractivity contribution >= 4 is 15.9 Å². The van der Waals surface area contributed by atoms with Gasteiger partial charge in [0.15, 0.2) is 0 Å². The smallest absolute Gasteiger partial charge is 0.0843 e. The van der Waals surface area contributed by atoms with Gasteiger partial charge in [0.25, 0.3) is 0 Å². The molecule has 12 atom stereocenters. The van der Waals surface area contributed by atoms with Crippen LogP contribution in [-0.4, -0.2) is 38.5 Å². The molecule has 0 aromatic rings. The summed E-state index contributed by atoms with van der Waals surface area (Å²) in [4.78, 5) is 0.139. The molecule has 4 heteroatoms. The number of aliphatic hydroxyl groups excluding tert-OH is 1. The van der Waals surface area contributed by atoms with Crippen LogP contribution in [0, 0.1) is 46.3 Å². The van der Waals surface area contributed by atoms with Crippen LogP contribution in [0.3, 0.4) is 0 Å². The second-order valence-corrected chi connectivity index (χ2v) is 14.6. The van der Waals surface area contributed by atoms with E-state index in [1.54, 1.807) is 0 Å². The highest BCUT2D eigenvalue weighted by Crippen LogP contribution is 2.83. The Morgan fingerprint density at radius 1 is 1.12 bits per heavy atom. The van der Waals surface area contributed by atoms with Gasteiger partial charge in [-0.3, -0.25) is 0 Å². The molecule has 12 unspecified atom stereocenters. The van der Waals surface area contributed by atoms with E-state index in [4.69, 9.17) is 4.74 Å². The summed E-state index contributed by atoms with van der Waals surface area (Å²) < 4.78 is 6.91. The number of hydrogen-bond acceptors (Lipinski definition) is 3. The third-order valence-electron chi connectivity index (χ3n) is 12.2. The molecule has 2 N–H and O–H groups in total. The Bertz CT molecular complexity index is 827. The first kappa shape index (κ1) is 22.6. The number of ether oxygens (including phenoxy) is 1. The quantitative estimate of drug-likeness (QED) is 0.370. The number of alkyl halides is 1. The normalized spacial score (nSPS) is 59.9. The van der Waals surface area contributed by atoms with Crippen molar-refractivity contribution in [3.05, 3.63) is 12.2 Å². The Morgan fingerprint density at radius 2 is 1.88 bits per heavy atom. The molecule has 1 heterocycles. The van der Waals surface area contributed by atoms with Crippen LogP contribution in [0.15, 0.2) is 12.2 Å². The molecule has 1 aliphatic heterocycles. The Kier molecular flexibility index (Phi) is 4.83. The maximum Gasteiger partial charge on any atom is 0.0843 e. The highest BCUT2D eigenvalue weighted by atomic mass is 79.9. The van der Waals surface area contributed by atoms with E-state index < -0.39 is 5.60 Å². The second-order valence-electron chi connectivity index (χ2n) is 13.5. The van der Waals surface area contributed by atoms with Crippen molar-refractivity contribution in [2.24, 2.45) is 46.3 Å². The Morgan fingerprint density at radius 3 is 2.59 bits per heavy atom. The van der Waals surface area contributed by atoms with Crippen molar-refractivity contribution in [3.8, 4) is 0 Å². The van der Waals surface area contributed by atoms with Gasteiger partial charge in [-0.05, 0) is 99.7 Å². The molecular formula is C28H43BrO3. The highest BCUT2D eigenvalue weighted by Gasteiger charge is 2.86. The Labute approximate surface area is 202 Å².